The Labute approximate surface area is 126 Å². The Hall–Kier alpha value is -2.18. The molecule has 0 fully saturated rings. The molecule has 1 aliphatic rings. The average molecular weight is 301 g/mol. The molecule has 108 valence electrons. The van der Waals surface area contributed by atoms with E-state index in [0.29, 0.717) is 17.1 Å². The lowest BCUT2D eigenvalue weighted by Gasteiger charge is -2.25. The van der Waals surface area contributed by atoms with Crippen molar-refractivity contribution in [3.05, 3.63) is 52.4 Å². The van der Waals surface area contributed by atoms with Crippen molar-refractivity contribution in [2.24, 2.45) is 5.73 Å². The zero-order valence-electron chi connectivity index (χ0n) is 11.3. The second kappa shape index (κ2) is 5.67. The number of fused-ring (bicyclic) bond motifs is 1. The minimum Gasteiger partial charge on any atom is -0.366 e. The number of nitrogens with two attached hydrogens (primary N) is 1. The third-order valence-corrected chi connectivity index (χ3v) is 4.41. The summed E-state index contributed by atoms with van der Waals surface area (Å²) in [5.74, 6) is -0.925. The topological polar surface area (TPSA) is 84.2 Å². The van der Waals surface area contributed by atoms with Crippen LogP contribution in [0.5, 0.6) is 0 Å². The summed E-state index contributed by atoms with van der Waals surface area (Å²) in [4.78, 5) is 23.8. The Morgan fingerprint density at radius 3 is 2.90 bits per heavy atom. The zero-order valence-corrected chi connectivity index (χ0v) is 12.1. The molecule has 2 amide bonds. The Morgan fingerprint density at radius 2 is 2.10 bits per heavy atom. The molecule has 6 heteroatoms. The van der Waals surface area contributed by atoms with Gasteiger partial charge in [0.05, 0.1) is 11.5 Å². The van der Waals surface area contributed by atoms with E-state index in [9.17, 15) is 9.59 Å². The van der Waals surface area contributed by atoms with Gasteiger partial charge in [0.2, 0.25) is 5.91 Å². The molecule has 0 spiro atoms. The van der Waals surface area contributed by atoms with Crippen molar-refractivity contribution in [2.75, 3.05) is 11.9 Å². The minimum atomic E-state index is -0.534. The molecule has 1 aliphatic heterocycles. The molecule has 1 atom stereocenters. The Kier molecular flexibility index (Phi) is 3.72. The molecular weight excluding hydrogens is 286 g/mol. The normalized spacial score (nSPS) is 17.0. The summed E-state index contributed by atoms with van der Waals surface area (Å²) in [6.45, 7) is 1.35. The van der Waals surface area contributed by atoms with E-state index in [-0.39, 0.29) is 11.8 Å². The summed E-state index contributed by atoms with van der Waals surface area (Å²) in [5, 5.41) is 8.31. The maximum atomic E-state index is 12.5. The van der Waals surface area contributed by atoms with Gasteiger partial charge >= 0.3 is 0 Å². The molecule has 5 nitrogen and oxygen atoms in total. The van der Waals surface area contributed by atoms with E-state index < -0.39 is 5.91 Å². The summed E-state index contributed by atoms with van der Waals surface area (Å²) in [6.07, 6.45) is 0. The standard InChI is InChI=1S/C15H15N3O2S/c16-13(19)11-5-6-21-15(11)18-14(20)12-8-17-7-9-3-1-2-4-10(9)12/h1-6,12,17H,7-8H2,(H2,16,19)(H,18,20). The number of primary amides is 1. The number of anilines is 1. The zero-order chi connectivity index (χ0) is 14.8. The molecule has 3 rings (SSSR count). The maximum Gasteiger partial charge on any atom is 0.251 e. The van der Waals surface area contributed by atoms with Gasteiger partial charge < -0.3 is 16.4 Å². The molecule has 0 radical (unpaired) electrons. The molecule has 2 heterocycles. The van der Waals surface area contributed by atoms with Gasteiger partial charge in [0, 0.05) is 13.1 Å². The second-order valence-electron chi connectivity index (χ2n) is 4.90. The van der Waals surface area contributed by atoms with Crippen molar-refractivity contribution in [2.45, 2.75) is 12.5 Å². The van der Waals surface area contributed by atoms with Gasteiger partial charge in [0.1, 0.15) is 5.00 Å². The van der Waals surface area contributed by atoms with Crippen LogP contribution in [-0.4, -0.2) is 18.4 Å². The molecule has 4 N–H and O–H groups in total. The first-order chi connectivity index (χ1) is 10.2. The number of carbonyl (C=O) groups is 2. The van der Waals surface area contributed by atoms with Crippen LogP contribution < -0.4 is 16.4 Å². The molecule has 0 bridgehead atoms. The Balaban J connectivity index is 1.84. The van der Waals surface area contributed by atoms with E-state index in [1.165, 1.54) is 11.3 Å². The van der Waals surface area contributed by atoms with Gasteiger partial charge in [-0.3, -0.25) is 9.59 Å². The first-order valence-electron chi connectivity index (χ1n) is 6.63. The van der Waals surface area contributed by atoms with E-state index in [1.54, 1.807) is 11.4 Å². The summed E-state index contributed by atoms with van der Waals surface area (Å²) >= 11 is 1.30. The predicted molar refractivity (Wildman–Crippen MR) is 82.4 cm³/mol. The number of amides is 2. The van der Waals surface area contributed by atoms with Crippen LogP contribution in [0.15, 0.2) is 35.7 Å². The summed E-state index contributed by atoms with van der Waals surface area (Å²) in [7, 11) is 0. The van der Waals surface area contributed by atoms with E-state index in [2.05, 4.69) is 10.6 Å². The molecule has 0 saturated carbocycles. The van der Waals surface area contributed by atoms with Crippen molar-refractivity contribution < 1.29 is 9.59 Å². The first kappa shape index (κ1) is 13.8. The van der Waals surface area contributed by atoms with Crippen molar-refractivity contribution >= 4 is 28.2 Å². The SMILES string of the molecule is NC(=O)c1ccsc1NC(=O)C1CNCc2ccccc21. The smallest absolute Gasteiger partial charge is 0.251 e. The fourth-order valence-corrected chi connectivity index (χ4v) is 3.32. The number of rotatable bonds is 3. The van der Waals surface area contributed by atoms with Gasteiger partial charge in [-0.1, -0.05) is 24.3 Å². The van der Waals surface area contributed by atoms with Crippen LogP contribution in [0.25, 0.3) is 0 Å². The molecule has 1 unspecified atom stereocenters. The van der Waals surface area contributed by atoms with E-state index >= 15 is 0 Å². The Bertz CT molecular complexity index is 696. The van der Waals surface area contributed by atoms with Crippen LogP contribution in [0.1, 0.15) is 27.4 Å². The maximum absolute atomic E-state index is 12.5. The monoisotopic (exact) mass is 301 g/mol. The number of nitrogens with one attached hydrogen (secondary N) is 2. The molecule has 0 aliphatic carbocycles. The van der Waals surface area contributed by atoms with E-state index in [1.807, 2.05) is 24.3 Å². The van der Waals surface area contributed by atoms with Gasteiger partial charge in [-0.05, 0) is 22.6 Å². The highest BCUT2D eigenvalue weighted by Gasteiger charge is 2.27. The third-order valence-electron chi connectivity index (χ3n) is 3.58. The van der Waals surface area contributed by atoms with Gasteiger partial charge in [-0.15, -0.1) is 11.3 Å². The van der Waals surface area contributed by atoms with Crippen LogP contribution in [0.2, 0.25) is 0 Å². The predicted octanol–water partition coefficient (Wildman–Crippen LogP) is 1.67. The summed E-state index contributed by atoms with van der Waals surface area (Å²) in [5.41, 5.74) is 7.81. The quantitative estimate of drug-likeness (QED) is 0.806. The van der Waals surface area contributed by atoms with Crippen LogP contribution in [0.4, 0.5) is 5.00 Å². The van der Waals surface area contributed by atoms with Crippen LogP contribution in [0.3, 0.4) is 0 Å². The summed E-state index contributed by atoms with van der Waals surface area (Å²) in [6, 6.07) is 9.51. The van der Waals surface area contributed by atoms with Crippen molar-refractivity contribution in [1.82, 2.24) is 5.32 Å². The fraction of sp³-hybridized carbons (Fsp3) is 0.200. The summed E-state index contributed by atoms with van der Waals surface area (Å²) < 4.78 is 0. The molecule has 2 aromatic rings. The highest BCUT2D eigenvalue weighted by molar-refractivity contribution is 7.14. The third kappa shape index (κ3) is 2.68. The van der Waals surface area contributed by atoms with Gasteiger partial charge in [0.15, 0.2) is 0 Å². The molecule has 1 aromatic heterocycles. The Morgan fingerprint density at radius 1 is 1.29 bits per heavy atom. The highest BCUT2D eigenvalue weighted by atomic mass is 32.1. The molecular formula is C15H15N3O2S. The lowest BCUT2D eigenvalue weighted by atomic mass is 9.90. The molecule has 0 saturated heterocycles. The fourth-order valence-electron chi connectivity index (χ4n) is 2.53. The van der Waals surface area contributed by atoms with Crippen molar-refractivity contribution in [3.63, 3.8) is 0 Å². The highest BCUT2D eigenvalue weighted by Crippen LogP contribution is 2.28. The number of thiophene rings is 1. The van der Waals surface area contributed by atoms with Crippen LogP contribution in [-0.2, 0) is 11.3 Å². The largest absolute Gasteiger partial charge is 0.366 e. The van der Waals surface area contributed by atoms with Crippen LogP contribution >= 0.6 is 11.3 Å². The number of carbonyl (C=O) groups excluding carboxylic acids is 2. The first-order valence-corrected chi connectivity index (χ1v) is 7.51. The van der Waals surface area contributed by atoms with Gasteiger partial charge in [-0.25, -0.2) is 0 Å². The lowest BCUT2D eigenvalue weighted by Crippen LogP contribution is -2.35. The van der Waals surface area contributed by atoms with Gasteiger partial charge in [0.25, 0.3) is 5.91 Å². The number of hydrogen-bond acceptors (Lipinski definition) is 4. The number of benzene rings is 1. The lowest BCUT2D eigenvalue weighted by molar-refractivity contribution is -0.117. The van der Waals surface area contributed by atoms with E-state index in [0.717, 1.165) is 17.7 Å². The molecule has 1 aromatic carbocycles. The number of hydrogen-bond donors (Lipinski definition) is 3. The minimum absolute atomic E-state index is 0.125. The van der Waals surface area contributed by atoms with Crippen LogP contribution in [0, 0.1) is 0 Å². The van der Waals surface area contributed by atoms with Gasteiger partial charge in [-0.2, -0.15) is 0 Å². The van der Waals surface area contributed by atoms with Crippen molar-refractivity contribution in [3.8, 4) is 0 Å². The second-order valence-corrected chi connectivity index (χ2v) is 5.82. The molecule has 21 heavy (non-hydrogen) atoms. The average Bonchev–Trinajstić information content (AvgIpc) is 2.95. The van der Waals surface area contributed by atoms with E-state index in [4.69, 9.17) is 5.73 Å². The van der Waals surface area contributed by atoms with Crippen molar-refractivity contribution in [1.29, 1.82) is 0 Å².